The number of nitrogens with zero attached hydrogens (tertiary/aromatic N) is 5. The SMILES string of the molecule is Cn1cnnc1CC1(c2cc(Cl)nc(NCCC#N)c2)COC1. The zero-order valence-electron chi connectivity index (χ0n) is 12.8. The van der Waals surface area contributed by atoms with Gasteiger partial charge in [0.05, 0.1) is 25.7 Å². The molecule has 0 aromatic carbocycles. The standard InChI is InChI=1S/C15H17ClN6O/c1-22-10-19-21-14(22)7-15(8-23-9-15)11-5-12(16)20-13(6-11)18-4-2-3-17/h5-6,10H,2,4,7-9H2,1H3,(H,18,20). The van der Waals surface area contributed by atoms with E-state index in [-0.39, 0.29) is 5.41 Å². The molecule has 0 aliphatic carbocycles. The highest BCUT2D eigenvalue weighted by molar-refractivity contribution is 6.29. The van der Waals surface area contributed by atoms with Gasteiger partial charge in [-0.3, -0.25) is 0 Å². The van der Waals surface area contributed by atoms with E-state index < -0.39 is 0 Å². The number of hydrogen-bond donors (Lipinski definition) is 1. The van der Waals surface area contributed by atoms with Crippen LogP contribution < -0.4 is 5.32 Å². The Kier molecular flexibility index (Phi) is 4.46. The Morgan fingerprint density at radius 1 is 1.48 bits per heavy atom. The number of halogens is 1. The second kappa shape index (κ2) is 6.52. The molecule has 120 valence electrons. The fourth-order valence-corrected chi connectivity index (χ4v) is 2.84. The summed E-state index contributed by atoms with van der Waals surface area (Å²) in [6.45, 7) is 1.76. The molecule has 1 aliphatic heterocycles. The summed E-state index contributed by atoms with van der Waals surface area (Å²) in [6, 6.07) is 5.94. The summed E-state index contributed by atoms with van der Waals surface area (Å²) in [5.41, 5.74) is 0.894. The van der Waals surface area contributed by atoms with Crippen LogP contribution in [0.5, 0.6) is 0 Å². The Bertz CT molecular complexity index is 734. The molecule has 23 heavy (non-hydrogen) atoms. The van der Waals surface area contributed by atoms with Crippen LogP contribution in [-0.4, -0.2) is 39.5 Å². The van der Waals surface area contributed by atoms with Crippen molar-refractivity contribution in [3.8, 4) is 6.07 Å². The van der Waals surface area contributed by atoms with Gasteiger partial charge in [-0.1, -0.05) is 11.6 Å². The van der Waals surface area contributed by atoms with Gasteiger partial charge in [-0.2, -0.15) is 5.26 Å². The summed E-state index contributed by atoms with van der Waals surface area (Å²) in [6.07, 6.45) is 2.83. The Balaban J connectivity index is 1.86. The molecular formula is C15H17ClN6O. The van der Waals surface area contributed by atoms with Crippen molar-refractivity contribution in [3.05, 3.63) is 35.0 Å². The zero-order chi connectivity index (χ0) is 16.3. The molecule has 0 radical (unpaired) electrons. The van der Waals surface area contributed by atoms with Crippen molar-refractivity contribution < 1.29 is 4.74 Å². The van der Waals surface area contributed by atoms with E-state index in [2.05, 4.69) is 26.6 Å². The number of nitriles is 1. The number of rotatable bonds is 6. The summed E-state index contributed by atoms with van der Waals surface area (Å²) in [5, 5.41) is 20.3. The van der Waals surface area contributed by atoms with Crippen molar-refractivity contribution in [2.45, 2.75) is 18.3 Å². The lowest BCUT2D eigenvalue weighted by molar-refractivity contribution is -0.0611. The molecule has 0 unspecified atom stereocenters. The zero-order valence-corrected chi connectivity index (χ0v) is 13.5. The maximum Gasteiger partial charge on any atom is 0.133 e. The molecule has 8 heteroatoms. The number of anilines is 1. The van der Waals surface area contributed by atoms with Gasteiger partial charge in [0.2, 0.25) is 0 Å². The molecule has 0 atom stereocenters. The minimum atomic E-state index is -0.168. The third-order valence-electron chi connectivity index (χ3n) is 4.01. The fourth-order valence-electron chi connectivity index (χ4n) is 2.63. The van der Waals surface area contributed by atoms with Crippen molar-refractivity contribution in [2.75, 3.05) is 25.1 Å². The summed E-state index contributed by atoms with van der Waals surface area (Å²) < 4.78 is 7.39. The molecule has 3 heterocycles. The second-order valence-electron chi connectivity index (χ2n) is 5.71. The van der Waals surface area contributed by atoms with Gasteiger partial charge in [0.1, 0.15) is 23.1 Å². The van der Waals surface area contributed by atoms with Crippen LogP contribution in [0.1, 0.15) is 17.8 Å². The monoisotopic (exact) mass is 332 g/mol. The first-order chi connectivity index (χ1) is 11.1. The van der Waals surface area contributed by atoms with Gasteiger partial charge in [-0.15, -0.1) is 10.2 Å². The number of nitrogens with one attached hydrogen (secondary N) is 1. The minimum absolute atomic E-state index is 0.168. The molecule has 1 N–H and O–H groups in total. The quantitative estimate of drug-likeness (QED) is 0.639. The van der Waals surface area contributed by atoms with Crippen molar-refractivity contribution in [3.63, 3.8) is 0 Å². The van der Waals surface area contributed by atoms with Crippen molar-refractivity contribution >= 4 is 17.4 Å². The van der Waals surface area contributed by atoms with Gasteiger partial charge in [-0.05, 0) is 17.7 Å². The largest absolute Gasteiger partial charge is 0.379 e. The van der Waals surface area contributed by atoms with Gasteiger partial charge in [-0.25, -0.2) is 4.98 Å². The topological polar surface area (TPSA) is 88.7 Å². The smallest absolute Gasteiger partial charge is 0.133 e. The van der Waals surface area contributed by atoms with E-state index in [4.69, 9.17) is 21.6 Å². The van der Waals surface area contributed by atoms with Crippen LogP contribution in [0.2, 0.25) is 5.15 Å². The molecule has 2 aromatic heterocycles. The summed E-state index contributed by atoms with van der Waals surface area (Å²) in [4.78, 5) is 4.26. The van der Waals surface area contributed by atoms with Crippen molar-refractivity contribution in [1.82, 2.24) is 19.7 Å². The predicted molar refractivity (Wildman–Crippen MR) is 85.2 cm³/mol. The Morgan fingerprint density at radius 2 is 2.30 bits per heavy atom. The minimum Gasteiger partial charge on any atom is -0.379 e. The maximum absolute atomic E-state index is 8.63. The van der Waals surface area contributed by atoms with Crippen molar-refractivity contribution in [2.24, 2.45) is 7.05 Å². The van der Waals surface area contributed by atoms with E-state index in [1.54, 1.807) is 6.33 Å². The van der Waals surface area contributed by atoms with Crippen molar-refractivity contribution in [1.29, 1.82) is 5.26 Å². The first-order valence-corrected chi connectivity index (χ1v) is 7.70. The third-order valence-corrected chi connectivity index (χ3v) is 4.20. The number of ether oxygens (including phenoxy) is 1. The average Bonchev–Trinajstić information content (AvgIpc) is 2.87. The van der Waals surface area contributed by atoms with Gasteiger partial charge in [0.15, 0.2) is 0 Å². The molecule has 0 spiro atoms. The lowest BCUT2D eigenvalue weighted by Gasteiger charge is -2.41. The van der Waals surface area contributed by atoms with Gasteiger partial charge in [0.25, 0.3) is 0 Å². The summed E-state index contributed by atoms with van der Waals surface area (Å²) in [5.74, 6) is 1.58. The molecule has 0 amide bonds. The highest BCUT2D eigenvalue weighted by Crippen LogP contribution is 2.37. The predicted octanol–water partition coefficient (Wildman–Crippen LogP) is 1.70. The fraction of sp³-hybridized carbons (Fsp3) is 0.467. The summed E-state index contributed by atoms with van der Waals surface area (Å²) in [7, 11) is 1.93. The van der Waals surface area contributed by atoms with Crippen LogP contribution in [0.15, 0.2) is 18.5 Å². The van der Waals surface area contributed by atoms with Gasteiger partial charge >= 0.3 is 0 Å². The molecule has 3 rings (SSSR count). The lowest BCUT2D eigenvalue weighted by Crippen LogP contribution is -2.49. The summed E-state index contributed by atoms with van der Waals surface area (Å²) >= 11 is 6.17. The van der Waals surface area contributed by atoms with Crippen LogP contribution in [-0.2, 0) is 23.6 Å². The normalized spacial score (nSPS) is 15.7. The van der Waals surface area contributed by atoms with Gasteiger partial charge in [0, 0.05) is 25.4 Å². The van der Waals surface area contributed by atoms with E-state index in [1.807, 2.05) is 23.7 Å². The second-order valence-corrected chi connectivity index (χ2v) is 6.09. The number of aromatic nitrogens is 4. The molecule has 2 aromatic rings. The Hall–Kier alpha value is -2.17. The van der Waals surface area contributed by atoms with Crippen LogP contribution in [0, 0.1) is 11.3 Å². The van der Waals surface area contributed by atoms with E-state index in [1.165, 1.54) is 0 Å². The van der Waals surface area contributed by atoms with Crippen LogP contribution >= 0.6 is 11.6 Å². The van der Waals surface area contributed by atoms with E-state index in [0.717, 1.165) is 17.8 Å². The van der Waals surface area contributed by atoms with Crippen LogP contribution in [0.4, 0.5) is 5.82 Å². The molecular weight excluding hydrogens is 316 g/mol. The highest BCUT2D eigenvalue weighted by atomic mass is 35.5. The van der Waals surface area contributed by atoms with Crippen LogP contribution in [0.25, 0.3) is 0 Å². The Labute approximate surface area is 139 Å². The molecule has 1 aliphatic rings. The molecule has 1 saturated heterocycles. The molecule has 0 bridgehead atoms. The third kappa shape index (κ3) is 3.28. The maximum atomic E-state index is 8.63. The molecule has 1 fully saturated rings. The lowest BCUT2D eigenvalue weighted by atomic mass is 9.76. The number of aryl methyl sites for hydroxylation is 1. The number of hydrogen-bond acceptors (Lipinski definition) is 6. The van der Waals surface area contributed by atoms with Gasteiger partial charge < -0.3 is 14.6 Å². The molecule has 7 nitrogen and oxygen atoms in total. The first-order valence-electron chi connectivity index (χ1n) is 7.32. The van der Waals surface area contributed by atoms with E-state index >= 15 is 0 Å². The average molecular weight is 333 g/mol. The van der Waals surface area contributed by atoms with E-state index in [0.29, 0.717) is 37.2 Å². The first kappa shape index (κ1) is 15.7. The highest BCUT2D eigenvalue weighted by Gasteiger charge is 2.42. The number of pyridine rings is 1. The molecule has 0 saturated carbocycles. The van der Waals surface area contributed by atoms with Crippen LogP contribution in [0.3, 0.4) is 0 Å². The Morgan fingerprint density at radius 3 is 2.91 bits per heavy atom. The van der Waals surface area contributed by atoms with E-state index in [9.17, 15) is 0 Å².